The fourth-order valence-electron chi connectivity index (χ4n) is 3.31. The third-order valence-corrected chi connectivity index (χ3v) is 5.94. The van der Waals surface area contributed by atoms with Gasteiger partial charge in [-0.25, -0.2) is 4.98 Å². The van der Waals surface area contributed by atoms with E-state index in [0.717, 1.165) is 31.2 Å². The normalized spacial score (nSPS) is 15.1. The van der Waals surface area contributed by atoms with Crippen molar-refractivity contribution in [3.8, 4) is 0 Å². The summed E-state index contributed by atoms with van der Waals surface area (Å²) < 4.78 is 0. The smallest absolute Gasteiger partial charge is 0.191 e. The molecule has 7 heteroatoms. The molecule has 1 aliphatic rings. The van der Waals surface area contributed by atoms with Gasteiger partial charge in [-0.2, -0.15) is 0 Å². The molecule has 0 spiro atoms. The molecule has 1 aliphatic heterocycles. The van der Waals surface area contributed by atoms with Crippen LogP contribution in [0.2, 0.25) is 0 Å². The number of piperidine rings is 1. The third kappa shape index (κ3) is 7.33. The molecule has 1 fully saturated rings. The highest BCUT2D eigenvalue weighted by atomic mass is 127. The number of aryl methyl sites for hydroxylation is 1. The molecule has 1 aromatic carbocycles. The molecule has 28 heavy (non-hydrogen) atoms. The number of rotatable bonds is 7. The van der Waals surface area contributed by atoms with Crippen molar-refractivity contribution in [3.05, 3.63) is 51.5 Å². The quantitative estimate of drug-likeness (QED) is 0.332. The van der Waals surface area contributed by atoms with E-state index in [2.05, 4.69) is 62.1 Å². The second-order valence-corrected chi connectivity index (χ2v) is 7.96. The lowest BCUT2D eigenvalue weighted by molar-refractivity contribution is 0.221. The van der Waals surface area contributed by atoms with E-state index < -0.39 is 0 Å². The zero-order chi connectivity index (χ0) is 18.9. The van der Waals surface area contributed by atoms with E-state index in [9.17, 15) is 0 Å². The SMILES string of the molecule is CCc1nc(CNC(=NC)NCc2ccc(CN3CCCCC3)cc2)cs1.I. The number of thiazole rings is 1. The second-order valence-electron chi connectivity index (χ2n) is 7.02. The first kappa shape index (κ1) is 23.1. The highest BCUT2D eigenvalue weighted by Crippen LogP contribution is 2.13. The molecule has 2 heterocycles. The molecule has 5 nitrogen and oxygen atoms in total. The molecule has 0 aliphatic carbocycles. The van der Waals surface area contributed by atoms with Crippen LogP contribution in [0.25, 0.3) is 0 Å². The number of nitrogens with one attached hydrogen (secondary N) is 2. The Bertz CT molecular complexity index is 723. The minimum absolute atomic E-state index is 0. The standard InChI is InChI=1S/C21H31N5S.HI/c1-3-20-25-19(16-27-20)14-24-21(22-2)23-13-17-7-9-18(10-8-17)15-26-11-5-4-6-12-26;/h7-10,16H,3-6,11-15H2,1-2H3,(H2,22,23,24);1H. The Labute approximate surface area is 190 Å². The van der Waals surface area contributed by atoms with Gasteiger partial charge in [0.25, 0.3) is 0 Å². The van der Waals surface area contributed by atoms with Gasteiger partial charge in [-0.15, -0.1) is 35.3 Å². The molecule has 154 valence electrons. The summed E-state index contributed by atoms with van der Waals surface area (Å²) in [5.74, 6) is 0.804. The first-order valence-electron chi connectivity index (χ1n) is 9.95. The molecule has 0 radical (unpaired) electrons. The van der Waals surface area contributed by atoms with Gasteiger partial charge in [-0.05, 0) is 43.5 Å². The lowest BCUT2D eigenvalue weighted by Crippen LogP contribution is -2.36. The molecule has 0 bridgehead atoms. The van der Waals surface area contributed by atoms with Crippen LogP contribution in [0.1, 0.15) is 48.0 Å². The average molecular weight is 513 g/mol. The minimum atomic E-state index is 0. The molecule has 0 amide bonds. The number of halogens is 1. The summed E-state index contributed by atoms with van der Waals surface area (Å²) in [6.45, 7) is 7.15. The van der Waals surface area contributed by atoms with Gasteiger partial charge in [0.15, 0.2) is 5.96 Å². The van der Waals surface area contributed by atoms with E-state index in [0.29, 0.717) is 6.54 Å². The van der Waals surface area contributed by atoms with Crippen LogP contribution >= 0.6 is 35.3 Å². The maximum Gasteiger partial charge on any atom is 0.191 e. The number of hydrogen-bond donors (Lipinski definition) is 2. The van der Waals surface area contributed by atoms with Crippen LogP contribution in [0.15, 0.2) is 34.6 Å². The summed E-state index contributed by atoms with van der Waals surface area (Å²) in [6.07, 6.45) is 5.06. The molecule has 1 aromatic heterocycles. The molecule has 2 N–H and O–H groups in total. The monoisotopic (exact) mass is 513 g/mol. The number of aliphatic imine (C=N–C) groups is 1. The third-order valence-electron chi connectivity index (χ3n) is 4.90. The van der Waals surface area contributed by atoms with E-state index in [1.807, 2.05) is 0 Å². The number of aromatic nitrogens is 1. The summed E-state index contributed by atoms with van der Waals surface area (Å²) in [4.78, 5) is 11.4. The van der Waals surface area contributed by atoms with Gasteiger partial charge in [-0.3, -0.25) is 9.89 Å². The van der Waals surface area contributed by atoms with Crippen molar-refractivity contribution in [2.75, 3.05) is 20.1 Å². The van der Waals surface area contributed by atoms with Gasteiger partial charge in [0.2, 0.25) is 0 Å². The molecule has 0 unspecified atom stereocenters. The first-order valence-corrected chi connectivity index (χ1v) is 10.8. The van der Waals surface area contributed by atoms with Crippen molar-refractivity contribution in [1.82, 2.24) is 20.5 Å². The Hall–Kier alpha value is -1.19. The Kier molecular flexibility index (Phi) is 10.2. The molecular formula is C21H32IN5S. The topological polar surface area (TPSA) is 52.6 Å². The highest BCUT2D eigenvalue weighted by molar-refractivity contribution is 14.0. The van der Waals surface area contributed by atoms with Gasteiger partial charge in [0.05, 0.1) is 17.2 Å². The maximum atomic E-state index is 4.58. The Balaban J connectivity index is 0.00000280. The maximum absolute atomic E-state index is 4.58. The highest BCUT2D eigenvalue weighted by Gasteiger charge is 2.10. The largest absolute Gasteiger partial charge is 0.352 e. The zero-order valence-corrected chi connectivity index (χ0v) is 20.1. The first-order chi connectivity index (χ1) is 13.3. The summed E-state index contributed by atoms with van der Waals surface area (Å²) in [6, 6.07) is 8.94. The van der Waals surface area contributed by atoms with Crippen LogP contribution in [0, 0.1) is 0 Å². The predicted octanol–water partition coefficient (Wildman–Crippen LogP) is 4.17. The van der Waals surface area contributed by atoms with Gasteiger partial charge in [0.1, 0.15) is 0 Å². The van der Waals surface area contributed by atoms with E-state index in [1.54, 1.807) is 18.4 Å². The number of hydrogen-bond acceptors (Lipinski definition) is 4. The molecule has 3 rings (SSSR count). The Morgan fingerprint density at radius 1 is 1.07 bits per heavy atom. The number of likely N-dealkylation sites (tertiary alicyclic amines) is 1. The van der Waals surface area contributed by atoms with Gasteiger partial charge >= 0.3 is 0 Å². The van der Waals surface area contributed by atoms with Crippen LogP contribution < -0.4 is 10.6 Å². The van der Waals surface area contributed by atoms with Crippen molar-refractivity contribution >= 4 is 41.3 Å². The van der Waals surface area contributed by atoms with Crippen molar-refractivity contribution in [3.63, 3.8) is 0 Å². The fourth-order valence-corrected chi connectivity index (χ4v) is 4.06. The van der Waals surface area contributed by atoms with Crippen molar-refractivity contribution < 1.29 is 0 Å². The Morgan fingerprint density at radius 3 is 2.39 bits per heavy atom. The van der Waals surface area contributed by atoms with Crippen LogP contribution in [-0.4, -0.2) is 36.0 Å². The van der Waals surface area contributed by atoms with Crippen LogP contribution in [0.3, 0.4) is 0 Å². The van der Waals surface area contributed by atoms with Crippen LogP contribution in [-0.2, 0) is 26.1 Å². The Morgan fingerprint density at radius 2 is 1.75 bits per heavy atom. The van der Waals surface area contributed by atoms with Crippen LogP contribution in [0.4, 0.5) is 0 Å². The van der Waals surface area contributed by atoms with E-state index in [1.165, 1.54) is 48.5 Å². The zero-order valence-electron chi connectivity index (χ0n) is 16.9. The summed E-state index contributed by atoms with van der Waals surface area (Å²) in [5.41, 5.74) is 3.74. The average Bonchev–Trinajstić information content (AvgIpc) is 3.18. The van der Waals surface area contributed by atoms with Crippen LogP contribution in [0.5, 0.6) is 0 Å². The summed E-state index contributed by atoms with van der Waals surface area (Å²) >= 11 is 1.72. The van der Waals surface area contributed by atoms with E-state index in [4.69, 9.17) is 0 Å². The van der Waals surface area contributed by atoms with Crippen molar-refractivity contribution in [2.45, 2.75) is 52.2 Å². The molecule has 0 saturated carbocycles. The number of nitrogens with zero attached hydrogens (tertiary/aromatic N) is 3. The molecular weight excluding hydrogens is 481 g/mol. The van der Waals surface area contributed by atoms with E-state index in [-0.39, 0.29) is 24.0 Å². The number of guanidine groups is 1. The molecule has 1 saturated heterocycles. The lowest BCUT2D eigenvalue weighted by Gasteiger charge is -2.26. The van der Waals surface area contributed by atoms with Crippen molar-refractivity contribution in [2.24, 2.45) is 4.99 Å². The number of benzene rings is 1. The van der Waals surface area contributed by atoms with E-state index >= 15 is 0 Å². The van der Waals surface area contributed by atoms with Crippen molar-refractivity contribution in [1.29, 1.82) is 0 Å². The lowest BCUT2D eigenvalue weighted by atomic mass is 10.1. The summed E-state index contributed by atoms with van der Waals surface area (Å²) in [5, 5.41) is 10.0. The molecule has 2 aromatic rings. The van der Waals surface area contributed by atoms with Gasteiger partial charge in [-0.1, -0.05) is 37.6 Å². The van der Waals surface area contributed by atoms with Gasteiger partial charge in [0, 0.05) is 25.5 Å². The fraction of sp³-hybridized carbons (Fsp3) is 0.524. The summed E-state index contributed by atoms with van der Waals surface area (Å²) in [7, 11) is 1.80. The minimum Gasteiger partial charge on any atom is -0.352 e. The molecule has 0 atom stereocenters. The predicted molar refractivity (Wildman–Crippen MR) is 130 cm³/mol. The van der Waals surface area contributed by atoms with Gasteiger partial charge < -0.3 is 10.6 Å². The second kappa shape index (κ2) is 12.4.